The zero-order valence-corrected chi connectivity index (χ0v) is 34.6. The number of nitrogens with zero attached hydrogens (tertiary/aromatic N) is 3. The lowest BCUT2D eigenvalue weighted by Crippen LogP contribution is -2.11. The van der Waals surface area contributed by atoms with Gasteiger partial charge in [0.1, 0.15) is 0 Å². The summed E-state index contributed by atoms with van der Waals surface area (Å²) < 4.78 is 7.55. The molecule has 12 rings (SSSR count). The van der Waals surface area contributed by atoms with Crippen LogP contribution in [0, 0.1) is 5.92 Å². The largest absolute Gasteiger partial charge is 0.313 e. The van der Waals surface area contributed by atoms with E-state index in [1.165, 1.54) is 87.0 Å². The summed E-state index contributed by atoms with van der Waals surface area (Å²) in [5, 5.41) is 3.89. The molecule has 0 amide bonds. The van der Waals surface area contributed by atoms with E-state index in [2.05, 4.69) is 233 Å². The maximum atomic E-state index is 2.47. The van der Waals surface area contributed by atoms with Crippen LogP contribution in [0.1, 0.15) is 18.2 Å². The van der Waals surface area contributed by atoms with Crippen molar-refractivity contribution in [3.05, 3.63) is 218 Å². The summed E-state index contributed by atoms with van der Waals surface area (Å²) in [7, 11) is 0. The fourth-order valence-electron chi connectivity index (χ4n) is 9.56. The Kier molecular flexibility index (Phi) is 8.39. The van der Waals surface area contributed by atoms with Crippen LogP contribution in [-0.2, 0) is 6.42 Å². The van der Waals surface area contributed by atoms with Crippen LogP contribution in [0.2, 0.25) is 0 Å². The Morgan fingerprint density at radius 2 is 1.02 bits per heavy atom. The molecule has 1 aliphatic rings. The fourth-order valence-corrected chi connectivity index (χ4v) is 10.8. The minimum atomic E-state index is 0.501. The molecule has 61 heavy (non-hydrogen) atoms. The van der Waals surface area contributed by atoms with Crippen LogP contribution in [0.4, 0.5) is 17.1 Å². The molecule has 1 aliphatic carbocycles. The average Bonchev–Trinajstić information content (AvgIpc) is 3.97. The molecule has 0 spiro atoms. The highest BCUT2D eigenvalue weighted by Crippen LogP contribution is 2.44. The lowest BCUT2D eigenvalue weighted by molar-refractivity contribution is 0.690. The molecule has 0 aliphatic heterocycles. The van der Waals surface area contributed by atoms with Crippen molar-refractivity contribution < 1.29 is 0 Å². The Labute approximate surface area is 359 Å². The van der Waals surface area contributed by atoms with Crippen molar-refractivity contribution in [1.82, 2.24) is 9.13 Å². The van der Waals surface area contributed by atoms with Crippen molar-refractivity contribution in [3.8, 4) is 33.6 Å². The number of allylic oxidation sites excluding steroid dienone is 1. The van der Waals surface area contributed by atoms with E-state index >= 15 is 0 Å². The molecule has 0 saturated carbocycles. The molecule has 0 N–H and O–H groups in total. The van der Waals surface area contributed by atoms with Crippen molar-refractivity contribution in [2.75, 3.05) is 4.90 Å². The maximum Gasteiger partial charge on any atom is 0.0727 e. The van der Waals surface area contributed by atoms with E-state index in [1.54, 1.807) is 0 Å². The zero-order valence-electron chi connectivity index (χ0n) is 33.7. The van der Waals surface area contributed by atoms with Crippen LogP contribution >= 0.6 is 11.3 Å². The standard InChI is InChI=1S/C57H41N3S/c1-38-20-34-49-48-16-8-10-18-52(48)59(54(49)36-38)47-32-30-46(31-33-47)58(44-26-21-40(22-27-44)39-12-4-2-5-13-39)45-28-23-41(24-29-45)42-25-35-53-51(37-42)57-56(50-17-9-11-19-55(50)61-57)60(53)43-14-6-3-7-15-43/h2-35,37-38H,36H2,1H3. The van der Waals surface area contributed by atoms with Crippen LogP contribution in [0.3, 0.4) is 0 Å². The Hall–Kier alpha value is -7.40. The second kappa shape index (κ2) is 14.4. The molecule has 0 saturated heterocycles. The highest BCUT2D eigenvalue weighted by Gasteiger charge is 2.22. The van der Waals surface area contributed by atoms with Gasteiger partial charge in [0.2, 0.25) is 0 Å². The van der Waals surface area contributed by atoms with Gasteiger partial charge in [-0.3, -0.25) is 0 Å². The number of para-hydroxylation sites is 2. The SMILES string of the molecule is CC1C=Cc2c(n(-c3ccc(N(c4ccc(-c5ccccc5)cc4)c4ccc(-c5ccc6c(c5)c5sc7ccccc7c5n6-c5ccccc5)cc4)cc3)c3ccccc23)C1. The minimum absolute atomic E-state index is 0.501. The second-order valence-corrected chi connectivity index (χ2v) is 17.3. The molecular weight excluding hydrogens is 759 g/mol. The molecule has 3 aromatic heterocycles. The first-order valence-electron chi connectivity index (χ1n) is 21.1. The Balaban J connectivity index is 0.950. The smallest absolute Gasteiger partial charge is 0.0727 e. The molecule has 290 valence electrons. The first-order chi connectivity index (χ1) is 30.2. The van der Waals surface area contributed by atoms with Crippen LogP contribution in [0.25, 0.3) is 81.8 Å². The number of thiophene rings is 1. The summed E-state index contributed by atoms with van der Waals surface area (Å²) >= 11 is 1.89. The van der Waals surface area contributed by atoms with E-state index < -0.39 is 0 Å². The van der Waals surface area contributed by atoms with Crippen molar-refractivity contribution in [1.29, 1.82) is 0 Å². The monoisotopic (exact) mass is 799 g/mol. The summed E-state index contributed by atoms with van der Waals surface area (Å²) in [6, 6.07) is 73.1. The molecule has 1 atom stereocenters. The van der Waals surface area contributed by atoms with Crippen LogP contribution in [-0.4, -0.2) is 9.13 Å². The average molecular weight is 800 g/mol. The predicted octanol–water partition coefficient (Wildman–Crippen LogP) is 16.0. The Morgan fingerprint density at radius 3 is 1.74 bits per heavy atom. The van der Waals surface area contributed by atoms with Gasteiger partial charge in [-0.1, -0.05) is 134 Å². The van der Waals surface area contributed by atoms with Gasteiger partial charge in [-0.15, -0.1) is 11.3 Å². The molecule has 1 unspecified atom stereocenters. The number of rotatable bonds is 7. The van der Waals surface area contributed by atoms with Gasteiger partial charge in [0.25, 0.3) is 0 Å². The fraction of sp³-hybridized carbons (Fsp3) is 0.0526. The van der Waals surface area contributed by atoms with Gasteiger partial charge in [-0.2, -0.15) is 0 Å². The predicted molar refractivity (Wildman–Crippen MR) is 260 cm³/mol. The first kappa shape index (κ1) is 35.5. The number of fused-ring (bicyclic) bond motifs is 8. The van der Waals surface area contributed by atoms with Gasteiger partial charge < -0.3 is 14.0 Å². The van der Waals surface area contributed by atoms with E-state index in [0.29, 0.717) is 5.92 Å². The topological polar surface area (TPSA) is 13.1 Å². The van der Waals surface area contributed by atoms with Gasteiger partial charge in [0.15, 0.2) is 0 Å². The molecule has 0 fully saturated rings. The molecule has 0 radical (unpaired) electrons. The van der Waals surface area contributed by atoms with Gasteiger partial charge in [0.05, 0.1) is 21.3 Å². The maximum absolute atomic E-state index is 2.47. The molecule has 4 heteroatoms. The summed E-state index contributed by atoms with van der Waals surface area (Å²) in [5.41, 5.74) is 17.0. The number of hydrogen-bond donors (Lipinski definition) is 0. The van der Waals surface area contributed by atoms with E-state index in [1.807, 2.05) is 11.3 Å². The number of anilines is 3. The highest BCUT2D eigenvalue weighted by atomic mass is 32.1. The molecule has 8 aromatic carbocycles. The summed E-state index contributed by atoms with van der Waals surface area (Å²) in [4.78, 5) is 2.38. The molecule has 3 nitrogen and oxygen atoms in total. The van der Waals surface area contributed by atoms with Gasteiger partial charge in [-0.25, -0.2) is 0 Å². The molecule has 3 heterocycles. The first-order valence-corrected chi connectivity index (χ1v) is 22.0. The van der Waals surface area contributed by atoms with Gasteiger partial charge >= 0.3 is 0 Å². The molecular formula is C57H41N3S. The second-order valence-electron chi connectivity index (χ2n) is 16.2. The third-order valence-corrected chi connectivity index (χ3v) is 13.7. The normalized spacial score (nSPS) is 13.7. The molecule has 0 bridgehead atoms. The van der Waals surface area contributed by atoms with Crippen LogP contribution < -0.4 is 4.90 Å². The van der Waals surface area contributed by atoms with E-state index in [9.17, 15) is 0 Å². The van der Waals surface area contributed by atoms with Crippen molar-refractivity contribution in [3.63, 3.8) is 0 Å². The van der Waals surface area contributed by atoms with Crippen LogP contribution in [0.5, 0.6) is 0 Å². The third-order valence-electron chi connectivity index (χ3n) is 12.5. The van der Waals surface area contributed by atoms with Gasteiger partial charge in [-0.05, 0) is 120 Å². The quantitative estimate of drug-likeness (QED) is 0.156. The third kappa shape index (κ3) is 5.94. The van der Waals surface area contributed by atoms with Crippen molar-refractivity contribution >= 4 is 76.6 Å². The van der Waals surface area contributed by atoms with Crippen molar-refractivity contribution in [2.24, 2.45) is 5.92 Å². The zero-order chi connectivity index (χ0) is 40.4. The molecule has 11 aromatic rings. The van der Waals surface area contributed by atoms with E-state index in [4.69, 9.17) is 0 Å². The summed E-state index contributed by atoms with van der Waals surface area (Å²) in [5.74, 6) is 0.501. The number of benzene rings is 8. The summed E-state index contributed by atoms with van der Waals surface area (Å²) in [6.45, 7) is 2.31. The minimum Gasteiger partial charge on any atom is -0.313 e. The van der Waals surface area contributed by atoms with E-state index in [-0.39, 0.29) is 0 Å². The number of hydrogen-bond acceptors (Lipinski definition) is 2. The Bertz CT molecular complexity index is 3420. The Morgan fingerprint density at radius 1 is 0.475 bits per heavy atom. The number of aromatic nitrogens is 2. The lowest BCUT2D eigenvalue weighted by Gasteiger charge is -2.26. The van der Waals surface area contributed by atoms with Crippen LogP contribution in [0.15, 0.2) is 206 Å². The van der Waals surface area contributed by atoms with E-state index in [0.717, 1.165) is 23.5 Å². The lowest BCUT2D eigenvalue weighted by atomic mass is 9.95. The van der Waals surface area contributed by atoms with Gasteiger partial charge in [0, 0.05) is 60.6 Å². The highest BCUT2D eigenvalue weighted by molar-refractivity contribution is 7.26. The summed E-state index contributed by atoms with van der Waals surface area (Å²) in [6.07, 6.45) is 5.69. The van der Waals surface area contributed by atoms with Crippen molar-refractivity contribution in [2.45, 2.75) is 13.3 Å².